The number of ether oxygens (including phenoxy) is 1. The van der Waals surface area contributed by atoms with Crippen molar-refractivity contribution < 1.29 is 9.53 Å². The molecule has 0 atom stereocenters. The third-order valence-electron chi connectivity index (χ3n) is 4.05. The predicted octanol–water partition coefficient (Wildman–Crippen LogP) is 2.59. The van der Waals surface area contributed by atoms with Gasteiger partial charge in [0.2, 0.25) is 5.91 Å². The zero-order valence-corrected chi connectivity index (χ0v) is 11.2. The lowest BCUT2D eigenvalue weighted by Gasteiger charge is -2.35. The van der Waals surface area contributed by atoms with E-state index in [2.05, 4.69) is 18.7 Å². The van der Waals surface area contributed by atoms with E-state index in [0.717, 1.165) is 39.0 Å². The lowest BCUT2D eigenvalue weighted by Crippen LogP contribution is -2.39. The number of hydrogen-bond donors (Lipinski definition) is 0. The van der Waals surface area contributed by atoms with Crippen LogP contribution < -0.4 is 0 Å². The first-order chi connectivity index (χ1) is 8.14. The minimum atomic E-state index is 0.177. The van der Waals surface area contributed by atoms with Crippen LogP contribution in [0.4, 0.5) is 0 Å². The quantitative estimate of drug-likeness (QED) is 0.738. The summed E-state index contributed by atoms with van der Waals surface area (Å²) in [5.74, 6) is 0.374. The highest BCUT2D eigenvalue weighted by atomic mass is 16.5. The minimum absolute atomic E-state index is 0.177. The van der Waals surface area contributed by atoms with Crippen molar-refractivity contribution in [2.24, 2.45) is 5.41 Å². The second kappa shape index (κ2) is 5.38. The molecule has 0 aromatic rings. The molecule has 1 aliphatic carbocycles. The Morgan fingerprint density at radius 1 is 1.35 bits per heavy atom. The first kappa shape index (κ1) is 12.9. The average molecular weight is 239 g/mol. The lowest BCUT2D eigenvalue weighted by atomic mass is 9.79. The summed E-state index contributed by atoms with van der Waals surface area (Å²) in [6, 6.07) is 0.561. The van der Waals surface area contributed by atoms with Crippen LogP contribution in [-0.4, -0.2) is 36.6 Å². The molecule has 0 N–H and O–H groups in total. The van der Waals surface area contributed by atoms with Crippen LogP contribution in [0.25, 0.3) is 0 Å². The summed E-state index contributed by atoms with van der Waals surface area (Å²) in [5.41, 5.74) is 0.177. The van der Waals surface area contributed by atoms with E-state index in [4.69, 9.17) is 4.74 Å². The molecule has 0 spiro atoms. The minimum Gasteiger partial charge on any atom is -0.381 e. The van der Waals surface area contributed by atoms with E-state index in [1.54, 1.807) is 0 Å². The van der Waals surface area contributed by atoms with Crippen molar-refractivity contribution in [1.29, 1.82) is 0 Å². The summed E-state index contributed by atoms with van der Waals surface area (Å²) in [5, 5.41) is 0. The lowest BCUT2D eigenvalue weighted by molar-refractivity contribution is -0.135. The van der Waals surface area contributed by atoms with Crippen LogP contribution in [0.3, 0.4) is 0 Å². The molecule has 0 aromatic carbocycles. The highest BCUT2D eigenvalue weighted by Crippen LogP contribution is 2.36. The van der Waals surface area contributed by atoms with Crippen molar-refractivity contribution in [3.8, 4) is 0 Å². The maximum atomic E-state index is 12.4. The van der Waals surface area contributed by atoms with Crippen molar-refractivity contribution >= 4 is 5.91 Å². The van der Waals surface area contributed by atoms with Gasteiger partial charge in [0.25, 0.3) is 0 Å². The molecule has 0 radical (unpaired) electrons. The molecule has 2 rings (SSSR count). The van der Waals surface area contributed by atoms with Crippen LogP contribution in [0.15, 0.2) is 0 Å². The molecule has 17 heavy (non-hydrogen) atoms. The second-order valence-electron chi connectivity index (χ2n) is 5.92. The van der Waals surface area contributed by atoms with Crippen LogP contribution in [-0.2, 0) is 9.53 Å². The number of nitrogens with zero attached hydrogens (tertiary/aromatic N) is 1. The third-order valence-corrected chi connectivity index (χ3v) is 4.05. The van der Waals surface area contributed by atoms with E-state index >= 15 is 0 Å². The topological polar surface area (TPSA) is 29.5 Å². The molecule has 1 aliphatic heterocycles. The molecule has 1 heterocycles. The maximum absolute atomic E-state index is 12.4. The van der Waals surface area contributed by atoms with Crippen molar-refractivity contribution in [3.63, 3.8) is 0 Å². The van der Waals surface area contributed by atoms with Gasteiger partial charge >= 0.3 is 0 Å². The molecule has 0 unspecified atom stereocenters. The van der Waals surface area contributed by atoms with Gasteiger partial charge in [0, 0.05) is 32.2 Å². The largest absolute Gasteiger partial charge is 0.381 e. The van der Waals surface area contributed by atoms with E-state index in [0.29, 0.717) is 18.4 Å². The van der Waals surface area contributed by atoms with Gasteiger partial charge in [-0.3, -0.25) is 4.79 Å². The molecule has 0 bridgehead atoms. The summed E-state index contributed by atoms with van der Waals surface area (Å²) in [4.78, 5) is 14.5. The molecule has 0 aromatic heterocycles. The normalized spacial score (nSPS) is 23.4. The first-order valence-corrected chi connectivity index (χ1v) is 7.02. The van der Waals surface area contributed by atoms with E-state index in [1.165, 1.54) is 12.8 Å². The Morgan fingerprint density at radius 3 is 2.53 bits per heavy atom. The van der Waals surface area contributed by atoms with Crippen LogP contribution >= 0.6 is 0 Å². The molecular formula is C14H25NO2. The van der Waals surface area contributed by atoms with E-state index in [-0.39, 0.29) is 5.41 Å². The molecule has 1 saturated heterocycles. The molecule has 3 nitrogen and oxygen atoms in total. The second-order valence-corrected chi connectivity index (χ2v) is 5.92. The zero-order valence-electron chi connectivity index (χ0n) is 11.2. The van der Waals surface area contributed by atoms with Gasteiger partial charge < -0.3 is 9.64 Å². The Balaban J connectivity index is 1.89. The van der Waals surface area contributed by atoms with Gasteiger partial charge in [0.05, 0.1) is 0 Å². The Bertz CT molecular complexity index is 267. The summed E-state index contributed by atoms with van der Waals surface area (Å²) in [6.45, 7) is 6.97. The predicted molar refractivity (Wildman–Crippen MR) is 67.8 cm³/mol. The Morgan fingerprint density at radius 2 is 2.00 bits per heavy atom. The molecule has 2 fully saturated rings. The summed E-state index contributed by atoms with van der Waals surface area (Å²) < 4.78 is 5.39. The van der Waals surface area contributed by atoms with Crippen LogP contribution in [0.1, 0.15) is 52.4 Å². The zero-order chi connectivity index (χ0) is 12.3. The number of amides is 1. The number of hydrogen-bond acceptors (Lipinski definition) is 2. The van der Waals surface area contributed by atoms with Crippen LogP contribution in [0.5, 0.6) is 0 Å². The maximum Gasteiger partial charge on any atom is 0.223 e. The fraction of sp³-hybridized carbons (Fsp3) is 0.929. The first-order valence-electron chi connectivity index (χ1n) is 7.02. The van der Waals surface area contributed by atoms with Gasteiger partial charge in [-0.2, -0.15) is 0 Å². The monoisotopic (exact) mass is 239 g/mol. The van der Waals surface area contributed by atoms with Gasteiger partial charge in [-0.1, -0.05) is 13.8 Å². The van der Waals surface area contributed by atoms with Gasteiger partial charge in [0.15, 0.2) is 0 Å². The average Bonchev–Trinajstić information content (AvgIpc) is 3.10. The molecule has 1 saturated carbocycles. The SMILES string of the molecule is CCCN(C(=O)CC1(C)CCOCC1)C1CC1. The Labute approximate surface area is 105 Å². The molecular weight excluding hydrogens is 214 g/mol. The van der Waals surface area contributed by atoms with Crippen molar-refractivity contribution in [1.82, 2.24) is 4.90 Å². The van der Waals surface area contributed by atoms with Crippen molar-refractivity contribution in [2.45, 2.75) is 58.4 Å². The number of rotatable bonds is 5. The summed E-state index contributed by atoms with van der Waals surface area (Å²) >= 11 is 0. The van der Waals surface area contributed by atoms with Gasteiger partial charge in [-0.05, 0) is 37.5 Å². The van der Waals surface area contributed by atoms with Gasteiger partial charge in [0.1, 0.15) is 0 Å². The van der Waals surface area contributed by atoms with E-state index in [9.17, 15) is 4.79 Å². The molecule has 1 amide bonds. The Kier molecular flexibility index (Phi) is 4.08. The fourth-order valence-corrected chi connectivity index (χ4v) is 2.65. The van der Waals surface area contributed by atoms with Crippen molar-refractivity contribution in [2.75, 3.05) is 19.8 Å². The van der Waals surface area contributed by atoms with Crippen LogP contribution in [0, 0.1) is 5.41 Å². The molecule has 98 valence electrons. The Hall–Kier alpha value is -0.570. The summed E-state index contributed by atoms with van der Waals surface area (Å²) in [6.07, 6.45) is 6.28. The fourth-order valence-electron chi connectivity index (χ4n) is 2.65. The third kappa shape index (κ3) is 3.44. The van der Waals surface area contributed by atoms with Crippen LogP contribution in [0.2, 0.25) is 0 Å². The molecule has 2 aliphatic rings. The smallest absolute Gasteiger partial charge is 0.223 e. The van der Waals surface area contributed by atoms with Crippen molar-refractivity contribution in [3.05, 3.63) is 0 Å². The summed E-state index contributed by atoms with van der Waals surface area (Å²) in [7, 11) is 0. The number of carbonyl (C=O) groups is 1. The molecule has 3 heteroatoms. The van der Waals surface area contributed by atoms with E-state index < -0.39 is 0 Å². The standard InChI is InChI=1S/C14H25NO2/c1-3-8-15(12-4-5-12)13(16)11-14(2)6-9-17-10-7-14/h12H,3-11H2,1-2H3. The van der Waals surface area contributed by atoms with E-state index in [1.807, 2.05) is 0 Å². The number of carbonyl (C=O) groups excluding carboxylic acids is 1. The van der Waals surface area contributed by atoms with Gasteiger partial charge in [-0.25, -0.2) is 0 Å². The highest BCUT2D eigenvalue weighted by Gasteiger charge is 2.36. The van der Waals surface area contributed by atoms with Gasteiger partial charge in [-0.15, -0.1) is 0 Å². The highest BCUT2D eigenvalue weighted by molar-refractivity contribution is 5.77.